The summed E-state index contributed by atoms with van der Waals surface area (Å²) in [5.74, 6) is 0. The number of aromatic nitrogens is 1. The Morgan fingerprint density at radius 3 is 1.57 bits per heavy atom. The summed E-state index contributed by atoms with van der Waals surface area (Å²) in [4.78, 5) is 9.55. The van der Waals surface area contributed by atoms with Gasteiger partial charge in [-0.3, -0.25) is 0 Å². The van der Waals surface area contributed by atoms with Gasteiger partial charge in [-0.15, -0.1) is 11.3 Å². The third-order valence-corrected chi connectivity index (χ3v) is 11.7. The summed E-state index contributed by atoms with van der Waals surface area (Å²) in [6, 6.07) is 71.1. The van der Waals surface area contributed by atoms with Crippen LogP contribution in [0.15, 0.2) is 205 Å². The van der Waals surface area contributed by atoms with Crippen LogP contribution in [0.5, 0.6) is 0 Å². The number of fused-ring (bicyclic) bond motifs is 7. The van der Waals surface area contributed by atoms with Gasteiger partial charge in [-0.1, -0.05) is 91.0 Å². The number of hydrogen-bond donors (Lipinski definition) is 0. The van der Waals surface area contributed by atoms with E-state index in [1.807, 2.05) is 18.2 Å². The fraction of sp³-hybridized carbons (Fsp3) is 0. The van der Waals surface area contributed by atoms with Crippen LogP contribution in [0.3, 0.4) is 0 Å². The molecule has 0 fully saturated rings. The lowest BCUT2D eigenvalue weighted by molar-refractivity contribution is 0.669. The second kappa shape index (κ2) is 13.3. The molecule has 2 aromatic heterocycles. The van der Waals surface area contributed by atoms with Crippen molar-refractivity contribution < 1.29 is 4.42 Å². The Labute approximate surface area is 327 Å². The van der Waals surface area contributed by atoms with Gasteiger partial charge in [0.2, 0.25) is 0 Å². The minimum atomic E-state index is 0.889. The van der Waals surface area contributed by atoms with E-state index in [1.165, 1.54) is 26.2 Å². The van der Waals surface area contributed by atoms with Crippen molar-refractivity contribution in [2.24, 2.45) is 0 Å². The number of hydrogen-bond acceptors (Lipinski definition) is 5. The van der Waals surface area contributed by atoms with Crippen LogP contribution in [0.1, 0.15) is 0 Å². The Morgan fingerprint density at radius 2 is 0.893 bits per heavy atom. The van der Waals surface area contributed by atoms with Gasteiger partial charge in [0.25, 0.3) is 0 Å². The molecule has 0 N–H and O–H groups in total. The van der Waals surface area contributed by atoms with Crippen LogP contribution in [-0.2, 0) is 0 Å². The maximum atomic E-state index is 6.18. The number of thiazole rings is 1. The van der Waals surface area contributed by atoms with E-state index in [0.29, 0.717) is 0 Å². The van der Waals surface area contributed by atoms with Crippen molar-refractivity contribution >= 4 is 99.2 Å². The molecule has 11 aromatic rings. The van der Waals surface area contributed by atoms with Crippen molar-refractivity contribution in [3.05, 3.63) is 200 Å². The number of nitrogens with zero attached hydrogens (tertiary/aromatic N) is 3. The summed E-state index contributed by atoms with van der Waals surface area (Å²) in [7, 11) is 0. The maximum absolute atomic E-state index is 6.18. The van der Waals surface area contributed by atoms with Crippen LogP contribution >= 0.6 is 11.3 Å². The molecular formula is C51H33N3OS. The first-order valence-electron chi connectivity index (χ1n) is 18.8. The predicted molar refractivity (Wildman–Crippen MR) is 237 cm³/mol. The van der Waals surface area contributed by atoms with E-state index < -0.39 is 0 Å². The standard InChI is InChI=1S/C51H33N3OS/c1-3-11-37(12-4-1)53(39-23-21-34(22-24-39)51-52-47-16-8-10-18-50(47)56-51)40-25-28-43-35(31-40)19-20-36-32-41(26-29-44(36)43)54(38-13-5-2-6-14-38)42-27-30-49-46(33-42)45-15-7-9-17-48(45)55-49/h1-33H. The van der Waals surface area contributed by atoms with Gasteiger partial charge in [0.15, 0.2) is 0 Å². The molecule has 9 aromatic carbocycles. The second-order valence-corrected chi connectivity index (χ2v) is 15.1. The highest BCUT2D eigenvalue weighted by Crippen LogP contribution is 2.42. The topological polar surface area (TPSA) is 32.5 Å². The van der Waals surface area contributed by atoms with Crippen LogP contribution in [0.2, 0.25) is 0 Å². The molecule has 0 aliphatic rings. The Hall–Kier alpha value is -7.21. The van der Waals surface area contributed by atoms with E-state index in [-0.39, 0.29) is 0 Å². The Balaban J connectivity index is 0.978. The molecule has 4 nitrogen and oxygen atoms in total. The highest BCUT2D eigenvalue weighted by molar-refractivity contribution is 7.21. The smallest absolute Gasteiger partial charge is 0.135 e. The van der Waals surface area contributed by atoms with E-state index in [9.17, 15) is 0 Å². The number of furan rings is 1. The molecule has 5 heteroatoms. The van der Waals surface area contributed by atoms with Crippen LogP contribution < -0.4 is 9.80 Å². The summed E-state index contributed by atoms with van der Waals surface area (Å²) in [5.41, 5.74) is 10.5. The predicted octanol–water partition coefficient (Wildman–Crippen LogP) is 15.1. The zero-order valence-electron chi connectivity index (χ0n) is 30.2. The molecule has 0 atom stereocenters. The molecular weight excluding hydrogens is 703 g/mol. The van der Waals surface area contributed by atoms with E-state index in [1.54, 1.807) is 11.3 Å². The lowest BCUT2D eigenvalue weighted by atomic mass is 10.00. The van der Waals surface area contributed by atoms with Crippen molar-refractivity contribution in [3.8, 4) is 10.6 Å². The summed E-state index contributed by atoms with van der Waals surface area (Å²) >= 11 is 1.73. The first kappa shape index (κ1) is 32.2. The average Bonchev–Trinajstić information content (AvgIpc) is 3.87. The Bertz CT molecular complexity index is 3170. The number of rotatable bonds is 7. The largest absolute Gasteiger partial charge is 0.456 e. The first-order valence-corrected chi connectivity index (χ1v) is 19.6. The van der Waals surface area contributed by atoms with Gasteiger partial charge in [0.1, 0.15) is 16.2 Å². The molecule has 56 heavy (non-hydrogen) atoms. The van der Waals surface area contributed by atoms with Crippen molar-refractivity contribution in [2.75, 3.05) is 9.80 Å². The summed E-state index contributed by atoms with van der Waals surface area (Å²) in [5, 5.41) is 8.06. The summed E-state index contributed by atoms with van der Waals surface area (Å²) < 4.78 is 7.38. The zero-order valence-corrected chi connectivity index (χ0v) is 31.0. The van der Waals surface area contributed by atoms with Gasteiger partial charge in [0, 0.05) is 50.5 Å². The molecule has 0 saturated carbocycles. The fourth-order valence-corrected chi connectivity index (χ4v) is 8.95. The molecule has 264 valence electrons. The minimum Gasteiger partial charge on any atom is -0.456 e. The SMILES string of the molecule is c1ccc(N(c2ccc(-c3nc4ccccc4s3)cc2)c2ccc3c(ccc4cc(N(c5ccccc5)c5ccc6oc7ccccc7c6c5)ccc43)c2)cc1. The third-order valence-electron chi connectivity index (χ3n) is 10.6. The Kier molecular flexibility index (Phi) is 7.64. The monoisotopic (exact) mass is 735 g/mol. The Morgan fingerprint density at radius 1 is 0.375 bits per heavy atom. The van der Waals surface area contributed by atoms with Crippen LogP contribution in [0.25, 0.3) is 64.3 Å². The van der Waals surface area contributed by atoms with Gasteiger partial charge < -0.3 is 14.2 Å². The molecule has 11 rings (SSSR count). The van der Waals surface area contributed by atoms with E-state index in [2.05, 4.69) is 192 Å². The van der Waals surface area contributed by atoms with Gasteiger partial charge in [-0.2, -0.15) is 0 Å². The quantitative estimate of drug-likeness (QED) is 0.153. The lowest BCUT2D eigenvalue weighted by Crippen LogP contribution is -2.10. The van der Waals surface area contributed by atoms with Gasteiger partial charge in [0.05, 0.1) is 10.2 Å². The second-order valence-electron chi connectivity index (χ2n) is 14.0. The first-order chi connectivity index (χ1) is 27.7. The van der Waals surface area contributed by atoms with Crippen molar-refractivity contribution in [3.63, 3.8) is 0 Å². The number of benzene rings is 9. The molecule has 0 bridgehead atoms. The van der Waals surface area contributed by atoms with Gasteiger partial charge in [-0.25, -0.2) is 4.98 Å². The number of para-hydroxylation sites is 4. The molecule has 0 aliphatic carbocycles. The van der Waals surface area contributed by atoms with E-state index in [4.69, 9.17) is 9.40 Å². The van der Waals surface area contributed by atoms with E-state index >= 15 is 0 Å². The highest BCUT2D eigenvalue weighted by atomic mass is 32.1. The van der Waals surface area contributed by atoms with Gasteiger partial charge in [-0.05, 0) is 131 Å². The van der Waals surface area contributed by atoms with Crippen molar-refractivity contribution in [1.29, 1.82) is 0 Å². The molecule has 0 saturated heterocycles. The molecule has 0 aliphatic heterocycles. The molecule has 2 heterocycles. The molecule has 0 amide bonds. The third kappa shape index (κ3) is 5.56. The van der Waals surface area contributed by atoms with Crippen LogP contribution in [-0.4, -0.2) is 4.98 Å². The maximum Gasteiger partial charge on any atom is 0.135 e. The highest BCUT2D eigenvalue weighted by Gasteiger charge is 2.18. The zero-order chi connectivity index (χ0) is 37.0. The summed E-state index contributed by atoms with van der Waals surface area (Å²) in [6.45, 7) is 0. The molecule has 0 unspecified atom stereocenters. The minimum absolute atomic E-state index is 0.889. The lowest BCUT2D eigenvalue weighted by Gasteiger charge is -2.26. The summed E-state index contributed by atoms with van der Waals surface area (Å²) in [6.07, 6.45) is 0. The normalized spacial score (nSPS) is 11.6. The van der Waals surface area contributed by atoms with Gasteiger partial charge >= 0.3 is 0 Å². The van der Waals surface area contributed by atoms with Crippen molar-refractivity contribution in [2.45, 2.75) is 0 Å². The van der Waals surface area contributed by atoms with Crippen LogP contribution in [0.4, 0.5) is 34.1 Å². The average molecular weight is 736 g/mol. The van der Waals surface area contributed by atoms with Crippen molar-refractivity contribution in [1.82, 2.24) is 4.98 Å². The molecule has 0 radical (unpaired) electrons. The fourth-order valence-electron chi connectivity index (χ4n) is 7.97. The van der Waals surface area contributed by atoms with E-state index in [0.717, 1.165) is 72.2 Å². The molecule has 0 spiro atoms. The number of anilines is 6. The van der Waals surface area contributed by atoms with Crippen LogP contribution in [0, 0.1) is 0 Å².